The number of aromatic nitrogens is 4. The molecule has 1 amide bonds. The van der Waals surface area contributed by atoms with Crippen LogP contribution in [-0.4, -0.2) is 52.0 Å². The minimum Gasteiger partial charge on any atom is -0.497 e. The van der Waals surface area contributed by atoms with Gasteiger partial charge in [-0.15, -0.1) is 16.6 Å². The van der Waals surface area contributed by atoms with Crippen LogP contribution in [0.25, 0.3) is 22.1 Å². The van der Waals surface area contributed by atoms with Crippen LogP contribution < -0.4 is 4.74 Å². The molecule has 5 rings (SSSR count). The third kappa shape index (κ3) is 4.42. The monoisotopic (exact) mass is 529 g/mol. The smallest absolute Gasteiger partial charge is 0.294 e. The van der Waals surface area contributed by atoms with Gasteiger partial charge < -0.3 is 9.64 Å². The van der Waals surface area contributed by atoms with E-state index in [0.717, 1.165) is 3.97 Å². The standard InChI is InChI=1S/C27H20FN5O4S/c1-3-15-32(17-18-7-6-8-19(28)16-18)27(34)25-29-26-24(30-31-25)22-9-4-5-10-23(22)33(26)38(35,36)21-13-11-20(37-2)12-14-21/h1,4-14,16H,15,17H2,2H3. The SMILES string of the molecule is C#CCN(Cc1cccc(F)c1)C(=O)c1nnc2c3ccccc3n(S(=O)(=O)c3ccc(OC)cc3)c2n1. The fourth-order valence-corrected chi connectivity index (χ4v) is 5.56. The summed E-state index contributed by atoms with van der Waals surface area (Å²) in [6.07, 6.45) is 5.47. The number of halogens is 1. The van der Waals surface area contributed by atoms with Gasteiger partial charge in [0, 0.05) is 11.9 Å². The highest BCUT2D eigenvalue weighted by Gasteiger charge is 2.27. The molecule has 3 aromatic carbocycles. The summed E-state index contributed by atoms with van der Waals surface area (Å²) in [6, 6.07) is 18.4. The first kappa shape index (κ1) is 24.9. The maximum Gasteiger partial charge on any atom is 0.294 e. The van der Waals surface area contributed by atoms with Crippen molar-refractivity contribution in [1.82, 2.24) is 24.1 Å². The molecule has 2 heterocycles. The summed E-state index contributed by atoms with van der Waals surface area (Å²) in [5.74, 6) is 1.41. The van der Waals surface area contributed by atoms with E-state index in [1.807, 2.05) is 0 Å². The lowest BCUT2D eigenvalue weighted by Crippen LogP contribution is -2.32. The Morgan fingerprint density at radius 1 is 1.08 bits per heavy atom. The molecule has 0 unspecified atom stereocenters. The first-order valence-electron chi connectivity index (χ1n) is 11.3. The van der Waals surface area contributed by atoms with Gasteiger partial charge >= 0.3 is 0 Å². The summed E-state index contributed by atoms with van der Waals surface area (Å²) in [7, 11) is -2.69. The number of rotatable bonds is 7. The maximum atomic E-state index is 13.8. The van der Waals surface area contributed by atoms with E-state index in [0.29, 0.717) is 22.2 Å². The van der Waals surface area contributed by atoms with Crippen molar-refractivity contribution in [1.29, 1.82) is 0 Å². The van der Waals surface area contributed by atoms with Crippen molar-refractivity contribution in [3.8, 4) is 18.1 Å². The van der Waals surface area contributed by atoms with Crippen molar-refractivity contribution in [2.24, 2.45) is 0 Å². The number of hydrogen-bond acceptors (Lipinski definition) is 7. The van der Waals surface area contributed by atoms with Crippen LogP contribution in [0.1, 0.15) is 16.2 Å². The Morgan fingerprint density at radius 3 is 2.55 bits per heavy atom. The number of terminal acetylenes is 1. The highest BCUT2D eigenvalue weighted by atomic mass is 32.2. The number of carbonyl (C=O) groups excluding carboxylic acids is 1. The van der Waals surface area contributed by atoms with Crippen molar-refractivity contribution in [3.05, 3.63) is 90.0 Å². The molecule has 5 aromatic rings. The second-order valence-electron chi connectivity index (χ2n) is 8.27. The van der Waals surface area contributed by atoms with E-state index in [2.05, 4.69) is 21.1 Å². The minimum atomic E-state index is -4.17. The van der Waals surface area contributed by atoms with Crippen LogP contribution in [0.2, 0.25) is 0 Å². The van der Waals surface area contributed by atoms with Crippen molar-refractivity contribution in [2.45, 2.75) is 11.4 Å². The summed E-state index contributed by atoms with van der Waals surface area (Å²) < 4.78 is 47.5. The molecule has 0 fully saturated rings. The van der Waals surface area contributed by atoms with E-state index in [4.69, 9.17) is 11.2 Å². The lowest BCUT2D eigenvalue weighted by Gasteiger charge is -2.19. The summed E-state index contributed by atoms with van der Waals surface area (Å²) in [5, 5.41) is 8.66. The van der Waals surface area contributed by atoms with Gasteiger partial charge in [-0.25, -0.2) is 21.8 Å². The molecule has 0 spiro atoms. The number of methoxy groups -OCH3 is 1. The van der Waals surface area contributed by atoms with Crippen LogP contribution in [0.15, 0.2) is 77.7 Å². The second-order valence-corrected chi connectivity index (χ2v) is 10.1. The molecular weight excluding hydrogens is 509 g/mol. The molecule has 0 saturated carbocycles. The van der Waals surface area contributed by atoms with Gasteiger partial charge in [0.25, 0.3) is 15.9 Å². The van der Waals surface area contributed by atoms with E-state index < -0.39 is 21.7 Å². The van der Waals surface area contributed by atoms with Crippen LogP contribution in [-0.2, 0) is 16.6 Å². The van der Waals surface area contributed by atoms with Crippen molar-refractivity contribution in [2.75, 3.05) is 13.7 Å². The van der Waals surface area contributed by atoms with E-state index in [9.17, 15) is 17.6 Å². The van der Waals surface area contributed by atoms with Gasteiger partial charge in [0.2, 0.25) is 5.82 Å². The Kier molecular flexibility index (Phi) is 6.48. The number of para-hydroxylation sites is 1. The average molecular weight is 530 g/mol. The average Bonchev–Trinajstić information content (AvgIpc) is 3.27. The maximum absolute atomic E-state index is 13.8. The van der Waals surface area contributed by atoms with Crippen LogP contribution in [0.3, 0.4) is 0 Å². The van der Waals surface area contributed by atoms with Crippen molar-refractivity contribution < 1.29 is 22.3 Å². The predicted octanol–water partition coefficient (Wildman–Crippen LogP) is 3.64. The number of hydrogen-bond donors (Lipinski definition) is 0. The highest BCUT2D eigenvalue weighted by Crippen LogP contribution is 2.30. The lowest BCUT2D eigenvalue weighted by atomic mass is 10.2. The largest absolute Gasteiger partial charge is 0.497 e. The normalized spacial score (nSPS) is 11.4. The number of fused-ring (bicyclic) bond motifs is 3. The topological polar surface area (TPSA) is 107 Å². The van der Waals surface area contributed by atoms with E-state index in [-0.39, 0.29) is 35.0 Å². The van der Waals surface area contributed by atoms with Gasteiger partial charge in [0.05, 0.1) is 24.1 Å². The van der Waals surface area contributed by atoms with E-state index in [1.165, 1.54) is 54.5 Å². The molecule has 0 saturated heterocycles. The van der Waals surface area contributed by atoms with Gasteiger partial charge in [-0.2, -0.15) is 0 Å². The van der Waals surface area contributed by atoms with Crippen LogP contribution in [0.5, 0.6) is 5.75 Å². The van der Waals surface area contributed by atoms with Crippen LogP contribution in [0, 0.1) is 18.2 Å². The van der Waals surface area contributed by atoms with Crippen LogP contribution >= 0.6 is 0 Å². The quantitative estimate of drug-likeness (QED) is 0.296. The van der Waals surface area contributed by atoms with Gasteiger partial charge in [0.1, 0.15) is 17.1 Å². The van der Waals surface area contributed by atoms with Crippen LogP contribution in [0.4, 0.5) is 4.39 Å². The van der Waals surface area contributed by atoms with Crippen molar-refractivity contribution in [3.63, 3.8) is 0 Å². The Balaban J connectivity index is 1.64. The molecule has 0 radical (unpaired) electrons. The Bertz CT molecular complexity index is 1830. The summed E-state index contributed by atoms with van der Waals surface area (Å²) in [4.78, 5) is 19.0. The number of ether oxygens (including phenoxy) is 1. The van der Waals surface area contributed by atoms with Gasteiger partial charge in [0.15, 0.2) is 5.65 Å². The molecule has 0 N–H and O–H groups in total. The fourth-order valence-electron chi connectivity index (χ4n) is 4.09. The fraction of sp³-hybridized carbons (Fsp3) is 0.111. The Morgan fingerprint density at radius 2 is 1.84 bits per heavy atom. The lowest BCUT2D eigenvalue weighted by molar-refractivity contribution is 0.0752. The third-order valence-corrected chi connectivity index (χ3v) is 7.58. The highest BCUT2D eigenvalue weighted by molar-refractivity contribution is 7.90. The zero-order valence-electron chi connectivity index (χ0n) is 20.1. The molecule has 190 valence electrons. The predicted molar refractivity (Wildman–Crippen MR) is 138 cm³/mol. The zero-order chi connectivity index (χ0) is 26.9. The molecule has 0 aliphatic carbocycles. The molecule has 2 aromatic heterocycles. The van der Waals surface area contributed by atoms with Gasteiger partial charge in [-0.1, -0.05) is 36.3 Å². The molecule has 11 heteroatoms. The molecule has 0 atom stereocenters. The van der Waals surface area contributed by atoms with Gasteiger partial charge in [-0.3, -0.25) is 4.79 Å². The first-order chi connectivity index (χ1) is 18.3. The molecule has 38 heavy (non-hydrogen) atoms. The second kappa shape index (κ2) is 9.91. The van der Waals surface area contributed by atoms with E-state index in [1.54, 1.807) is 30.3 Å². The number of amides is 1. The van der Waals surface area contributed by atoms with Crippen molar-refractivity contribution >= 4 is 38.0 Å². The first-order valence-corrected chi connectivity index (χ1v) is 12.8. The summed E-state index contributed by atoms with van der Waals surface area (Å²) in [6.45, 7) is -0.112. The molecule has 9 nitrogen and oxygen atoms in total. The number of nitrogens with zero attached hydrogens (tertiary/aromatic N) is 5. The molecule has 0 aliphatic rings. The number of carbonyl (C=O) groups is 1. The van der Waals surface area contributed by atoms with Gasteiger partial charge in [-0.05, 0) is 48.0 Å². The zero-order valence-corrected chi connectivity index (χ0v) is 20.9. The minimum absolute atomic E-state index is 0.00464. The molecule has 0 bridgehead atoms. The molecular formula is C27H20FN5O4S. The Labute approximate surface area is 217 Å². The number of benzene rings is 3. The summed E-state index contributed by atoms with van der Waals surface area (Å²) >= 11 is 0. The summed E-state index contributed by atoms with van der Waals surface area (Å²) in [5.41, 5.74) is 0.985. The molecule has 0 aliphatic heterocycles. The Hall–Kier alpha value is -4.82. The van der Waals surface area contributed by atoms with E-state index >= 15 is 0 Å². The third-order valence-electron chi connectivity index (χ3n) is 5.86.